The standard InChI is InChI=1S/C36H20F6N8O3/c37-35(38,39)21-5-9-23(10-6-21)49-17-27-29(43-45-33(51)31(27)47-49)19-1-13-25(14-2-19)53-26-15-3-20(4-16-26)30-28-18-50(48-32(28)34(52)46-44-30)24-11-7-22(8-12-24)36(40,41)42/h1-18H,(H,45,51)(H,46,52). The first kappa shape index (κ1) is 33.1. The van der Waals surface area contributed by atoms with Crippen LogP contribution in [0.15, 0.2) is 119 Å². The van der Waals surface area contributed by atoms with Crippen molar-refractivity contribution >= 4 is 21.8 Å². The second-order valence-corrected chi connectivity index (χ2v) is 11.7. The lowest BCUT2D eigenvalue weighted by Crippen LogP contribution is -2.09. The number of nitrogens with zero attached hydrogens (tertiary/aromatic N) is 6. The quantitative estimate of drug-likeness (QED) is 0.168. The molecule has 0 unspecified atom stereocenters. The highest BCUT2D eigenvalue weighted by atomic mass is 19.4. The molecule has 0 radical (unpaired) electrons. The molecule has 0 aliphatic heterocycles. The summed E-state index contributed by atoms with van der Waals surface area (Å²) in [6.07, 6.45) is -5.95. The molecule has 8 rings (SSSR count). The topological polar surface area (TPSA) is 136 Å². The Hall–Kier alpha value is -7.04. The van der Waals surface area contributed by atoms with Crippen molar-refractivity contribution in [2.24, 2.45) is 0 Å². The van der Waals surface area contributed by atoms with Gasteiger partial charge in [-0.1, -0.05) is 0 Å². The van der Waals surface area contributed by atoms with E-state index in [2.05, 4.69) is 30.6 Å². The van der Waals surface area contributed by atoms with E-state index < -0.39 is 34.6 Å². The molecule has 0 aliphatic carbocycles. The zero-order valence-electron chi connectivity index (χ0n) is 26.6. The molecule has 53 heavy (non-hydrogen) atoms. The number of hydrogen-bond acceptors (Lipinski definition) is 7. The summed E-state index contributed by atoms with van der Waals surface area (Å²) in [7, 11) is 0. The Balaban J connectivity index is 1.02. The van der Waals surface area contributed by atoms with Gasteiger partial charge in [0, 0.05) is 23.5 Å². The van der Waals surface area contributed by atoms with Crippen molar-refractivity contribution in [3.05, 3.63) is 141 Å². The summed E-state index contributed by atoms with van der Waals surface area (Å²) in [5.74, 6) is 0.926. The normalized spacial score (nSPS) is 12.1. The van der Waals surface area contributed by atoms with Crippen LogP contribution in [0.3, 0.4) is 0 Å². The largest absolute Gasteiger partial charge is 0.457 e. The lowest BCUT2D eigenvalue weighted by Gasteiger charge is -2.08. The molecule has 0 bridgehead atoms. The molecule has 0 aliphatic rings. The van der Waals surface area contributed by atoms with E-state index in [4.69, 9.17) is 4.74 Å². The second-order valence-electron chi connectivity index (χ2n) is 11.7. The van der Waals surface area contributed by atoms with Gasteiger partial charge in [-0.05, 0) is 97.1 Å². The van der Waals surface area contributed by atoms with E-state index in [-0.39, 0.29) is 11.0 Å². The number of nitrogens with one attached hydrogen (secondary N) is 2. The monoisotopic (exact) mass is 726 g/mol. The molecule has 2 N–H and O–H groups in total. The minimum Gasteiger partial charge on any atom is -0.457 e. The number of halogens is 6. The van der Waals surface area contributed by atoms with Crippen molar-refractivity contribution < 1.29 is 31.1 Å². The first-order valence-corrected chi connectivity index (χ1v) is 15.5. The highest BCUT2D eigenvalue weighted by Gasteiger charge is 2.31. The Labute approximate surface area is 291 Å². The van der Waals surface area contributed by atoms with E-state index in [1.54, 1.807) is 48.5 Å². The molecule has 0 atom stereocenters. The van der Waals surface area contributed by atoms with Gasteiger partial charge in [0.15, 0.2) is 11.0 Å². The number of rotatable bonds is 6. The van der Waals surface area contributed by atoms with Crippen molar-refractivity contribution in [3.63, 3.8) is 0 Å². The molecule has 8 aromatic rings. The fourth-order valence-corrected chi connectivity index (χ4v) is 5.68. The van der Waals surface area contributed by atoms with Gasteiger partial charge in [0.25, 0.3) is 11.1 Å². The Bertz CT molecular complexity index is 2560. The molecular weight excluding hydrogens is 706 g/mol. The van der Waals surface area contributed by atoms with Crippen molar-refractivity contribution in [2.75, 3.05) is 0 Å². The summed E-state index contributed by atoms with van der Waals surface area (Å²) in [6.45, 7) is 0. The van der Waals surface area contributed by atoms with Gasteiger partial charge >= 0.3 is 12.4 Å². The first-order chi connectivity index (χ1) is 25.3. The van der Waals surface area contributed by atoms with E-state index >= 15 is 0 Å². The summed E-state index contributed by atoms with van der Waals surface area (Å²) >= 11 is 0. The van der Waals surface area contributed by atoms with Crippen LogP contribution in [-0.2, 0) is 12.4 Å². The first-order valence-electron chi connectivity index (χ1n) is 15.5. The number of alkyl halides is 6. The average Bonchev–Trinajstić information content (AvgIpc) is 3.80. The molecule has 4 heterocycles. The van der Waals surface area contributed by atoms with Gasteiger partial charge in [-0.15, -0.1) is 0 Å². The van der Waals surface area contributed by atoms with Crippen molar-refractivity contribution in [3.8, 4) is 45.4 Å². The Morgan fingerprint density at radius 2 is 0.868 bits per heavy atom. The van der Waals surface area contributed by atoms with Gasteiger partial charge in [-0.25, -0.2) is 19.6 Å². The number of hydrogen-bond donors (Lipinski definition) is 2. The van der Waals surface area contributed by atoms with Crippen LogP contribution >= 0.6 is 0 Å². The van der Waals surface area contributed by atoms with Crippen LogP contribution in [0.1, 0.15) is 11.1 Å². The average molecular weight is 727 g/mol. The summed E-state index contributed by atoms with van der Waals surface area (Å²) in [6, 6.07) is 22.4. The van der Waals surface area contributed by atoms with E-state index in [0.717, 1.165) is 24.3 Å². The zero-order valence-corrected chi connectivity index (χ0v) is 26.6. The van der Waals surface area contributed by atoms with E-state index in [1.165, 1.54) is 46.0 Å². The molecule has 264 valence electrons. The van der Waals surface area contributed by atoms with E-state index in [1.807, 2.05) is 0 Å². The van der Waals surface area contributed by atoms with Gasteiger partial charge in [0.05, 0.1) is 33.3 Å². The van der Waals surface area contributed by atoms with Gasteiger partial charge < -0.3 is 4.74 Å². The number of H-pyrrole nitrogens is 2. The Morgan fingerprint density at radius 3 is 1.21 bits per heavy atom. The van der Waals surface area contributed by atoms with Gasteiger partial charge in [-0.2, -0.15) is 46.7 Å². The van der Waals surface area contributed by atoms with Crippen LogP contribution in [0, 0.1) is 0 Å². The molecule has 0 spiro atoms. The van der Waals surface area contributed by atoms with Crippen LogP contribution in [0.2, 0.25) is 0 Å². The predicted molar refractivity (Wildman–Crippen MR) is 180 cm³/mol. The third-order valence-electron chi connectivity index (χ3n) is 8.32. The lowest BCUT2D eigenvalue weighted by atomic mass is 10.1. The number of fused-ring (bicyclic) bond motifs is 2. The van der Waals surface area contributed by atoms with Gasteiger partial charge in [0.1, 0.15) is 22.9 Å². The minimum atomic E-state index is -4.49. The van der Waals surface area contributed by atoms with Crippen molar-refractivity contribution in [1.29, 1.82) is 0 Å². The number of aromatic amines is 2. The fraction of sp³-hybridized carbons (Fsp3) is 0.0556. The second kappa shape index (κ2) is 12.3. The zero-order chi connectivity index (χ0) is 37.1. The smallest absolute Gasteiger partial charge is 0.416 e. The van der Waals surface area contributed by atoms with E-state index in [0.29, 0.717) is 56.2 Å². The highest BCUT2D eigenvalue weighted by molar-refractivity contribution is 5.92. The summed E-state index contributed by atoms with van der Waals surface area (Å²) < 4.78 is 86.8. The van der Waals surface area contributed by atoms with Crippen LogP contribution < -0.4 is 15.9 Å². The summed E-state index contributed by atoms with van der Waals surface area (Å²) in [5, 5.41) is 22.5. The Morgan fingerprint density at radius 1 is 0.509 bits per heavy atom. The summed E-state index contributed by atoms with van der Waals surface area (Å²) in [5.41, 5.74) is -0.0308. The van der Waals surface area contributed by atoms with Crippen LogP contribution in [0.4, 0.5) is 26.3 Å². The molecule has 4 aromatic carbocycles. The van der Waals surface area contributed by atoms with Crippen molar-refractivity contribution in [2.45, 2.75) is 12.4 Å². The van der Waals surface area contributed by atoms with Crippen LogP contribution in [0.5, 0.6) is 11.5 Å². The van der Waals surface area contributed by atoms with Crippen molar-refractivity contribution in [1.82, 2.24) is 40.0 Å². The maximum atomic E-state index is 13.0. The highest BCUT2D eigenvalue weighted by Crippen LogP contribution is 2.33. The van der Waals surface area contributed by atoms with E-state index in [9.17, 15) is 35.9 Å². The number of ether oxygens (including phenoxy) is 1. The third-order valence-corrected chi connectivity index (χ3v) is 8.32. The lowest BCUT2D eigenvalue weighted by molar-refractivity contribution is -0.138. The van der Waals surface area contributed by atoms with Gasteiger partial charge in [0.2, 0.25) is 0 Å². The van der Waals surface area contributed by atoms with Crippen LogP contribution in [0.25, 0.3) is 55.7 Å². The molecular formula is C36H20F6N8O3. The molecule has 17 heteroatoms. The molecule has 4 aromatic heterocycles. The SMILES string of the molecule is O=c1[nH]nc(-c2ccc(Oc3ccc(-c4n[nH]c(=O)c5nn(-c6ccc(C(F)(F)F)cc6)cc45)cc3)cc2)c2cn(-c3ccc(C(F)(F)F)cc3)nc12. The predicted octanol–water partition coefficient (Wildman–Crippen LogP) is 7.69. The third kappa shape index (κ3) is 6.28. The summed E-state index contributed by atoms with van der Waals surface area (Å²) in [4.78, 5) is 25.0. The molecule has 0 saturated heterocycles. The maximum Gasteiger partial charge on any atom is 0.416 e. The number of benzene rings is 4. The Kier molecular flexibility index (Phi) is 7.70. The molecule has 0 amide bonds. The van der Waals surface area contributed by atoms with Gasteiger partial charge in [-0.3, -0.25) is 9.59 Å². The number of aromatic nitrogens is 8. The fourth-order valence-electron chi connectivity index (χ4n) is 5.68. The maximum absolute atomic E-state index is 13.0. The van der Waals surface area contributed by atoms with Crippen LogP contribution in [-0.4, -0.2) is 40.0 Å². The molecule has 11 nitrogen and oxygen atoms in total. The molecule has 0 saturated carbocycles. The molecule has 0 fully saturated rings. The minimum absolute atomic E-state index is 0.0523.